The average Bonchev–Trinajstić information content (AvgIpc) is 2.46. The Morgan fingerprint density at radius 3 is 0.895 bits per heavy atom. The molecule has 6 nitrogen and oxygen atoms in total. The molecule has 0 aromatic heterocycles. The first-order chi connectivity index (χ1) is 9.00. The summed E-state index contributed by atoms with van der Waals surface area (Å²) in [5, 5.41) is 26.2. The van der Waals surface area contributed by atoms with Gasteiger partial charge in [-0.25, -0.2) is 0 Å². The quantitative estimate of drug-likeness (QED) is 0.350. The van der Waals surface area contributed by atoms with Gasteiger partial charge in [-0.2, -0.15) is 0 Å². The Morgan fingerprint density at radius 1 is 0.474 bits per heavy atom. The Morgan fingerprint density at radius 2 is 0.684 bits per heavy atom. The molecule has 0 spiro atoms. The van der Waals surface area contributed by atoms with Crippen molar-refractivity contribution in [2.75, 3.05) is 52.4 Å². The average molecular weight is 311 g/mol. The summed E-state index contributed by atoms with van der Waals surface area (Å²) in [4.78, 5) is 0. The van der Waals surface area contributed by atoms with Gasteiger partial charge in [0.2, 0.25) is 0 Å². The van der Waals surface area contributed by atoms with Crippen molar-refractivity contribution >= 4 is 0 Å². The Labute approximate surface area is 127 Å². The Bertz CT molecular complexity index is 126. The minimum Gasteiger partial charge on any atom is -0.512 e. The molecule has 0 amide bonds. The molecule has 0 radical (unpaired) electrons. The topological polar surface area (TPSA) is 95.7 Å². The summed E-state index contributed by atoms with van der Waals surface area (Å²) in [6.45, 7) is 18.4. The van der Waals surface area contributed by atoms with Crippen LogP contribution >= 0.6 is 0 Å². The van der Waals surface area contributed by atoms with Crippen molar-refractivity contribution in [3.8, 4) is 0 Å². The molecule has 19 heavy (non-hydrogen) atoms. The SMILES string of the molecule is C1CNCCNCCCNCCNC1.[C-]#N.[C-]#N.[Ni+2]. The third kappa shape index (κ3) is 22.9. The molecule has 0 atom stereocenters. The fraction of sp³-hybridized carbons (Fsp3) is 0.833. The van der Waals surface area contributed by atoms with Crippen molar-refractivity contribution in [3.05, 3.63) is 13.1 Å². The summed E-state index contributed by atoms with van der Waals surface area (Å²) in [6.07, 6.45) is 2.44. The molecule has 1 rings (SSSR count). The zero-order chi connectivity index (χ0) is 13.9. The third-order valence-electron chi connectivity index (χ3n) is 2.37. The fourth-order valence-corrected chi connectivity index (χ4v) is 1.53. The molecule has 112 valence electrons. The van der Waals surface area contributed by atoms with Crippen LogP contribution in [-0.4, -0.2) is 52.4 Å². The summed E-state index contributed by atoms with van der Waals surface area (Å²) in [7, 11) is 0. The number of nitrogens with one attached hydrogen (secondary N) is 4. The second kappa shape index (κ2) is 26.0. The van der Waals surface area contributed by atoms with Gasteiger partial charge in [0.1, 0.15) is 0 Å². The van der Waals surface area contributed by atoms with Gasteiger partial charge in [0, 0.05) is 26.2 Å². The Balaban J connectivity index is -0.000000467. The molecule has 1 saturated heterocycles. The minimum atomic E-state index is 0. The molecule has 1 aliphatic heterocycles. The van der Waals surface area contributed by atoms with Crippen molar-refractivity contribution < 1.29 is 16.5 Å². The first-order valence-electron chi connectivity index (χ1n) is 6.28. The number of hydrogen-bond acceptors (Lipinski definition) is 6. The molecule has 4 N–H and O–H groups in total. The van der Waals surface area contributed by atoms with Gasteiger partial charge in [-0.05, 0) is 39.0 Å². The normalized spacial score (nSPS) is 17.9. The summed E-state index contributed by atoms with van der Waals surface area (Å²) in [5.74, 6) is 0. The van der Waals surface area contributed by atoms with Crippen LogP contribution in [0.1, 0.15) is 12.8 Å². The maximum Gasteiger partial charge on any atom is 2.00 e. The maximum absolute atomic E-state index is 6.25. The molecule has 0 unspecified atom stereocenters. The van der Waals surface area contributed by atoms with Gasteiger partial charge >= 0.3 is 16.5 Å². The van der Waals surface area contributed by atoms with E-state index in [1.165, 1.54) is 12.8 Å². The van der Waals surface area contributed by atoms with Gasteiger partial charge in [-0.15, -0.1) is 0 Å². The molecule has 0 bridgehead atoms. The zero-order valence-corrected chi connectivity index (χ0v) is 12.3. The summed E-state index contributed by atoms with van der Waals surface area (Å²) in [5.41, 5.74) is 0. The molecular formula is C12H24N6Ni. The third-order valence-corrected chi connectivity index (χ3v) is 2.37. The van der Waals surface area contributed by atoms with Crippen molar-refractivity contribution in [3.63, 3.8) is 0 Å². The maximum atomic E-state index is 6.25. The van der Waals surface area contributed by atoms with Crippen molar-refractivity contribution in [2.45, 2.75) is 12.8 Å². The van der Waals surface area contributed by atoms with E-state index in [4.69, 9.17) is 23.7 Å². The van der Waals surface area contributed by atoms with Crippen LogP contribution in [0.15, 0.2) is 0 Å². The largest absolute Gasteiger partial charge is 2.00 e. The fourth-order valence-electron chi connectivity index (χ4n) is 1.53. The van der Waals surface area contributed by atoms with Gasteiger partial charge in [0.25, 0.3) is 0 Å². The minimum absolute atomic E-state index is 0. The summed E-state index contributed by atoms with van der Waals surface area (Å²) < 4.78 is 0. The molecule has 0 aliphatic carbocycles. The van der Waals surface area contributed by atoms with Gasteiger partial charge < -0.3 is 44.9 Å². The summed E-state index contributed by atoms with van der Waals surface area (Å²) in [6, 6.07) is 0. The second-order valence-electron chi connectivity index (χ2n) is 3.71. The van der Waals surface area contributed by atoms with Crippen molar-refractivity contribution in [1.82, 2.24) is 21.3 Å². The predicted octanol–water partition coefficient (Wildman–Crippen LogP) is -0.671. The van der Waals surface area contributed by atoms with Crippen LogP contribution in [-0.2, 0) is 16.5 Å². The van der Waals surface area contributed by atoms with Crippen molar-refractivity contribution in [1.29, 1.82) is 10.5 Å². The molecule has 0 saturated carbocycles. The van der Waals surface area contributed by atoms with Gasteiger partial charge in [-0.3, -0.25) is 0 Å². The number of rotatable bonds is 0. The standard InChI is InChI=1S/C10H24N4.2CN.Ni/c1-3-11-7-9-13-5-2-6-14-10-8-12-4-1;2*1-2;/h11-14H,1-10H2;;;/q;2*-1;+2. The van der Waals surface area contributed by atoms with Gasteiger partial charge in [-0.1, -0.05) is 0 Å². The van der Waals surface area contributed by atoms with E-state index in [2.05, 4.69) is 21.3 Å². The molecule has 1 fully saturated rings. The molecule has 1 heterocycles. The van der Waals surface area contributed by atoms with E-state index < -0.39 is 0 Å². The van der Waals surface area contributed by atoms with Crippen LogP contribution in [0.25, 0.3) is 0 Å². The molecule has 0 aromatic rings. The van der Waals surface area contributed by atoms with Crippen LogP contribution < -0.4 is 21.3 Å². The van der Waals surface area contributed by atoms with E-state index in [0.29, 0.717) is 0 Å². The summed E-state index contributed by atoms with van der Waals surface area (Å²) >= 11 is 0. The van der Waals surface area contributed by atoms with E-state index >= 15 is 0 Å². The van der Waals surface area contributed by atoms with Crippen LogP contribution in [0.4, 0.5) is 0 Å². The van der Waals surface area contributed by atoms with Crippen LogP contribution in [0.2, 0.25) is 0 Å². The Kier molecular flexibility index (Phi) is 32.0. The molecule has 0 aromatic carbocycles. The first-order valence-corrected chi connectivity index (χ1v) is 6.28. The van der Waals surface area contributed by atoms with Crippen molar-refractivity contribution in [2.24, 2.45) is 0 Å². The molecular weight excluding hydrogens is 287 g/mol. The molecule has 1 aliphatic rings. The smallest absolute Gasteiger partial charge is 0.512 e. The second-order valence-corrected chi connectivity index (χ2v) is 3.71. The first kappa shape index (κ1) is 23.4. The molecule has 7 heteroatoms. The van der Waals surface area contributed by atoms with E-state index in [0.717, 1.165) is 52.4 Å². The van der Waals surface area contributed by atoms with E-state index in [9.17, 15) is 0 Å². The van der Waals surface area contributed by atoms with E-state index in [-0.39, 0.29) is 16.5 Å². The monoisotopic (exact) mass is 310 g/mol. The Hall–Kier alpha value is -0.686. The van der Waals surface area contributed by atoms with Gasteiger partial charge in [0.05, 0.1) is 0 Å². The van der Waals surface area contributed by atoms with E-state index in [1.807, 2.05) is 0 Å². The zero-order valence-electron chi connectivity index (χ0n) is 11.3. The van der Waals surface area contributed by atoms with Crippen LogP contribution in [0, 0.1) is 23.7 Å². The number of hydrogen-bond donors (Lipinski definition) is 4. The van der Waals surface area contributed by atoms with Crippen LogP contribution in [0.5, 0.6) is 0 Å². The van der Waals surface area contributed by atoms with E-state index in [1.54, 1.807) is 0 Å². The van der Waals surface area contributed by atoms with Gasteiger partial charge in [0.15, 0.2) is 0 Å². The number of nitrogens with zero attached hydrogens (tertiary/aromatic N) is 2. The predicted molar refractivity (Wildman–Crippen MR) is 70.6 cm³/mol. The van der Waals surface area contributed by atoms with Crippen LogP contribution in [0.3, 0.4) is 0 Å².